The van der Waals surface area contributed by atoms with E-state index in [0.29, 0.717) is 0 Å². The van der Waals surface area contributed by atoms with Crippen molar-refractivity contribution in [2.75, 3.05) is 0 Å². The minimum absolute atomic E-state index is 0.579. The molecular weight excluding hydrogens is 158 g/mol. The lowest BCUT2D eigenvalue weighted by Gasteiger charge is -1.80. The maximum atomic E-state index is 10.1. The number of carbonyl (C=O) groups excluding carboxylic acids is 2. The van der Waals surface area contributed by atoms with Crippen LogP contribution in [0, 0.1) is 0 Å². The summed E-state index contributed by atoms with van der Waals surface area (Å²) in [5, 5.41) is 0. The number of carbonyl (C=O) groups is 2. The summed E-state index contributed by atoms with van der Waals surface area (Å²) in [4.78, 5) is 19.8. The van der Waals surface area contributed by atoms with Crippen molar-refractivity contribution < 1.29 is 23.1 Å². The standard InChI is InChI=1S/C4H2O3.C2H2F2/c5-3-1-2-4(6)7-3;1-2(3)4/h1-2H;1H2. The van der Waals surface area contributed by atoms with E-state index in [2.05, 4.69) is 11.3 Å². The molecule has 0 atom stereocenters. The molecule has 0 radical (unpaired) electrons. The van der Waals surface area contributed by atoms with Gasteiger partial charge in [-0.15, -0.1) is 0 Å². The first kappa shape index (κ1) is 9.48. The predicted molar refractivity (Wildman–Crippen MR) is 31.6 cm³/mol. The van der Waals surface area contributed by atoms with Gasteiger partial charge in [0, 0.05) is 12.2 Å². The summed E-state index contributed by atoms with van der Waals surface area (Å²) in [6, 6.07) is 0. The number of esters is 2. The van der Waals surface area contributed by atoms with Crippen LogP contribution in [0.5, 0.6) is 0 Å². The molecule has 0 unspecified atom stereocenters. The lowest BCUT2D eigenvalue weighted by atomic mass is 10.6. The van der Waals surface area contributed by atoms with Gasteiger partial charge < -0.3 is 4.74 Å². The number of halogens is 2. The molecule has 5 heteroatoms. The zero-order valence-electron chi connectivity index (χ0n) is 5.34. The van der Waals surface area contributed by atoms with Crippen LogP contribution in [-0.4, -0.2) is 11.9 Å². The summed E-state index contributed by atoms with van der Waals surface area (Å²) < 4.78 is 24.2. The van der Waals surface area contributed by atoms with Crippen LogP contribution in [-0.2, 0) is 14.3 Å². The highest BCUT2D eigenvalue weighted by atomic mass is 19.3. The number of rotatable bonds is 0. The fourth-order valence-corrected chi connectivity index (χ4v) is 0.303. The van der Waals surface area contributed by atoms with Gasteiger partial charge in [-0.05, 0) is 6.58 Å². The minimum atomic E-state index is -1.83. The molecule has 60 valence electrons. The summed E-state index contributed by atoms with van der Waals surface area (Å²) in [5.41, 5.74) is 0. The van der Waals surface area contributed by atoms with E-state index in [1.807, 2.05) is 0 Å². The van der Waals surface area contributed by atoms with Crippen molar-refractivity contribution >= 4 is 11.9 Å². The summed E-state index contributed by atoms with van der Waals surface area (Å²) >= 11 is 0. The second-order valence-electron chi connectivity index (χ2n) is 1.41. The zero-order chi connectivity index (χ0) is 8.85. The Morgan fingerprint density at radius 3 is 1.64 bits per heavy atom. The number of hydrogen-bond acceptors (Lipinski definition) is 3. The molecule has 0 aromatic heterocycles. The SMILES string of the molecule is C=C(F)F.O=C1C=CC(=O)O1. The van der Waals surface area contributed by atoms with Crippen LogP contribution >= 0.6 is 0 Å². The van der Waals surface area contributed by atoms with Crippen LogP contribution in [0.25, 0.3) is 0 Å². The molecule has 0 spiro atoms. The van der Waals surface area contributed by atoms with Crippen LogP contribution in [0.2, 0.25) is 0 Å². The van der Waals surface area contributed by atoms with Crippen LogP contribution in [0.4, 0.5) is 8.78 Å². The van der Waals surface area contributed by atoms with Crippen molar-refractivity contribution in [2.24, 2.45) is 0 Å². The highest BCUT2D eigenvalue weighted by molar-refractivity contribution is 6.04. The molecule has 0 fully saturated rings. The third-order valence-electron chi connectivity index (χ3n) is 0.557. The van der Waals surface area contributed by atoms with Gasteiger partial charge >= 0.3 is 11.9 Å². The Labute approximate surface area is 61.0 Å². The molecule has 0 saturated heterocycles. The Balaban J connectivity index is 0.000000218. The van der Waals surface area contributed by atoms with Gasteiger partial charge in [0.15, 0.2) is 0 Å². The largest absolute Gasteiger partial charge is 0.387 e. The molecule has 1 aliphatic rings. The van der Waals surface area contributed by atoms with E-state index in [0.717, 1.165) is 12.2 Å². The van der Waals surface area contributed by atoms with Crippen LogP contribution < -0.4 is 0 Å². The molecule has 0 aromatic carbocycles. The van der Waals surface area contributed by atoms with Crippen molar-refractivity contribution in [2.45, 2.75) is 0 Å². The van der Waals surface area contributed by atoms with Crippen molar-refractivity contribution in [1.82, 2.24) is 0 Å². The Hall–Kier alpha value is -1.52. The van der Waals surface area contributed by atoms with Gasteiger partial charge in [0.2, 0.25) is 0 Å². The van der Waals surface area contributed by atoms with Crippen molar-refractivity contribution in [3.8, 4) is 0 Å². The van der Waals surface area contributed by atoms with E-state index in [-0.39, 0.29) is 0 Å². The Morgan fingerprint density at radius 1 is 1.27 bits per heavy atom. The molecular formula is C6H4F2O3. The Kier molecular flexibility index (Phi) is 3.72. The van der Waals surface area contributed by atoms with Crippen LogP contribution in [0.1, 0.15) is 0 Å². The van der Waals surface area contributed by atoms with Crippen LogP contribution in [0.3, 0.4) is 0 Å². The van der Waals surface area contributed by atoms with E-state index in [9.17, 15) is 18.4 Å². The van der Waals surface area contributed by atoms with E-state index in [4.69, 9.17) is 0 Å². The predicted octanol–water partition coefficient (Wildman–Crippen LogP) is 1.02. The average molecular weight is 162 g/mol. The first-order valence-corrected chi connectivity index (χ1v) is 2.46. The molecule has 0 saturated carbocycles. The molecule has 0 aromatic rings. The lowest BCUT2D eigenvalue weighted by Crippen LogP contribution is -1.96. The summed E-state index contributed by atoms with van der Waals surface area (Å²) in [5.74, 6) is -1.16. The fourth-order valence-electron chi connectivity index (χ4n) is 0.303. The first-order chi connectivity index (χ1) is 5.02. The lowest BCUT2D eigenvalue weighted by molar-refractivity contribution is -0.150. The maximum Gasteiger partial charge on any atom is 0.338 e. The molecule has 1 heterocycles. The molecule has 3 nitrogen and oxygen atoms in total. The molecule has 11 heavy (non-hydrogen) atoms. The van der Waals surface area contributed by atoms with Crippen molar-refractivity contribution in [3.05, 3.63) is 24.8 Å². The number of cyclic esters (lactones) is 2. The summed E-state index contributed by atoms with van der Waals surface area (Å²) in [6.45, 7) is 2.22. The first-order valence-electron chi connectivity index (χ1n) is 2.46. The average Bonchev–Trinajstić information content (AvgIpc) is 2.13. The maximum absolute atomic E-state index is 10.1. The molecule has 0 bridgehead atoms. The van der Waals surface area contributed by atoms with Gasteiger partial charge in [-0.3, -0.25) is 0 Å². The second-order valence-corrected chi connectivity index (χ2v) is 1.41. The van der Waals surface area contributed by atoms with Gasteiger partial charge in [-0.1, -0.05) is 0 Å². The van der Waals surface area contributed by atoms with Gasteiger partial charge in [0.1, 0.15) is 0 Å². The molecule has 1 aliphatic heterocycles. The zero-order valence-corrected chi connectivity index (χ0v) is 5.34. The highest BCUT2D eigenvalue weighted by Gasteiger charge is 2.10. The smallest absolute Gasteiger partial charge is 0.338 e. The second kappa shape index (κ2) is 4.32. The fraction of sp³-hybridized carbons (Fsp3) is 0. The molecule has 0 aliphatic carbocycles. The molecule has 1 rings (SSSR count). The number of hydrogen-bond donors (Lipinski definition) is 0. The molecule has 0 amide bonds. The van der Waals surface area contributed by atoms with E-state index in [1.165, 1.54) is 0 Å². The highest BCUT2D eigenvalue weighted by Crippen LogP contribution is 1.92. The monoisotopic (exact) mass is 162 g/mol. The van der Waals surface area contributed by atoms with Crippen LogP contribution in [0.15, 0.2) is 24.8 Å². The van der Waals surface area contributed by atoms with E-state index in [1.54, 1.807) is 0 Å². The van der Waals surface area contributed by atoms with Gasteiger partial charge in [0.05, 0.1) is 0 Å². The van der Waals surface area contributed by atoms with Crippen molar-refractivity contribution in [1.29, 1.82) is 0 Å². The normalized spacial score (nSPS) is 13.6. The summed E-state index contributed by atoms with van der Waals surface area (Å²) in [6.07, 6.45) is 0.338. The van der Waals surface area contributed by atoms with E-state index < -0.39 is 18.0 Å². The molecule has 0 N–H and O–H groups in total. The Bertz CT molecular complexity index is 200. The minimum Gasteiger partial charge on any atom is -0.387 e. The van der Waals surface area contributed by atoms with Gasteiger partial charge in [-0.2, -0.15) is 8.78 Å². The van der Waals surface area contributed by atoms with E-state index >= 15 is 0 Å². The van der Waals surface area contributed by atoms with Crippen molar-refractivity contribution in [3.63, 3.8) is 0 Å². The third kappa shape index (κ3) is 6.36. The summed E-state index contributed by atoms with van der Waals surface area (Å²) in [7, 11) is 0. The van der Waals surface area contributed by atoms with Gasteiger partial charge in [0.25, 0.3) is 6.08 Å². The topological polar surface area (TPSA) is 43.4 Å². The third-order valence-corrected chi connectivity index (χ3v) is 0.557. The quantitative estimate of drug-likeness (QED) is 0.394. The van der Waals surface area contributed by atoms with Gasteiger partial charge in [-0.25, -0.2) is 9.59 Å². The Morgan fingerprint density at radius 2 is 1.55 bits per heavy atom. The number of ether oxygens (including phenoxy) is 1.